The number of carbonyl (C=O) groups excluding carboxylic acids is 2. The molecule has 3 rings (SSSR count). The number of nitrogens with zero attached hydrogens (tertiary/aromatic N) is 4. The van der Waals surface area contributed by atoms with E-state index in [9.17, 15) is 14.0 Å². The number of halogens is 1. The van der Waals surface area contributed by atoms with Gasteiger partial charge in [-0.2, -0.15) is 0 Å². The minimum atomic E-state index is -0.199. The zero-order valence-corrected chi connectivity index (χ0v) is 14.7. The molecule has 2 amide bonds. The highest BCUT2D eigenvalue weighted by atomic mass is 19.1. The van der Waals surface area contributed by atoms with Gasteiger partial charge in [0.1, 0.15) is 5.82 Å². The maximum Gasteiger partial charge on any atom is 0.236 e. The van der Waals surface area contributed by atoms with Crippen LogP contribution in [0.1, 0.15) is 6.92 Å². The van der Waals surface area contributed by atoms with Crippen molar-refractivity contribution in [3.63, 3.8) is 0 Å². The summed E-state index contributed by atoms with van der Waals surface area (Å²) in [5.74, 6) is -0.0192. The quantitative estimate of drug-likeness (QED) is 0.804. The molecule has 2 aliphatic rings. The Labute approximate surface area is 147 Å². The minimum Gasteiger partial charge on any atom is -0.367 e. The van der Waals surface area contributed by atoms with Crippen LogP contribution >= 0.6 is 0 Å². The van der Waals surface area contributed by atoms with Crippen molar-refractivity contribution in [2.75, 3.05) is 63.8 Å². The standard InChI is InChI=1S/C18H25FN4O2/c1-15(24)21-10-12-23(13-11-21)18(25)14-20-6-8-22(9-7-20)17-5-3-2-4-16(17)19/h2-5H,6-14H2,1H3. The molecule has 0 unspecified atom stereocenters. The van der Waals surface area contributed by atoms with Gasteiger partial charge >= 0.3 is 0 Å². The van der Waals surface area contributed by atoms with Crippen molar-refractivity contribution in [3.8, 4) is 0 Å². The molecule has 2 aliphatic heterocycles. The molecular weight excluding hydrogens is 323 g/mol. The average Bonchev–Trinajstić information content (AvgIpc) is 2.63. The van der Waals surface area contributed by atoms with E-state index < -0.39 is 0 Å². The van der Waals surface area contributed by atoms with Crippen LogP contribution in [0.3, 0.4) is 0 Å². The maximum absolute atomic E-state index is 13.9. The third-order valence-electron chi connectivity index (χ3n) is 5.00. The predicted molar refractivity (Wildman–Crippen MR) is 93.9 cm³/mol. The fourth-order valence-electron chi connectivity index (χ4n) is 3.42. The van der Waals surface area contributed by atoms with Gasteiger partial charge in [-0.3, -0.25) is 14.5 Å². The first-order valence-corrected chi connectivity index (χ1v) is 8.80. The van der Waals surface area contributed by atoms with Crippen LogP contribution in [0.15, 0.2) is 24.3 Å². The van der Waals surface area contributed by atoms with Gasteiger partial charge in [0.2, 0.25) is 11.8 Å². The highest BCUT2D eigenvalue weighted by Gasteiger charge is 2.25. The van der Waals surface area contributed by atoms with E-state index in [2.05, 4.69) is 4.90 Å². The van der Waals surface area contributed by atoms with Crippen LogP contribution < -0.4 is 4.90 Å². The second-order valence-corrected chi connectivity index (χ2v) is 6.60. The molecule has 1 aromatic rings. The Morgan fingerprint density at radius 3 is 2.12 bits per heavy atom. The molecule has 0 N–H and O–H groups in total. The minimum absolute atomic E-state index is 0.0661. The summed E-state index contributed by atoms with van der Waals surface area (Å²) in [7, 11) is 0. The number of anilines is 1. The van der Waals surface area contributed by atoms with Gasteiger partial charge in [0.05, 0.1) is 12.2 Å². The molecule has 0 radical (unpaired) electrons. The van der Waals surface area contributed by atoms with Crippen LogP contribution in [0, 0.1) is 5.82 Å². The molecule has 0 aliphatic carbocycles. The SMILES string of the molecule is CC(=O)N1CCN(C(=O)CN2CCN(c3ccccc3F)CC2)CC1. The van der Waals surface area contributed by atoms with E-state index in [4.69, 9.17) is 0 Å². The molecule has 1 aromatic carbocycles. The summed E-state index contributed by atoms with van der Waals surface area (Å²) in [5, 5.41) is 0. The second kappa shape index (κ2) is 7.82. The van der Waals surface area contributed by atoms with Crippen LogP contribution in [0.5, 0.6) is 0 Å². The van der Waals surface area contributed by atoms with Crippen LogP contribution in [0.4, 0.5) is 10.1 Å². The Morgan fingerprint density at radius 2 is 1.52 bits per heavy atom. The van der Waals surface area contributed by atoms with Crippen molar-refractivity contribution in [1.82, 2.24) is 14.7 Å². The Hall–Kier alpha value is -2.15. The molecule has 7 heteroatoms. The summed E-state index contributed by atoms with van der Waals surface area (Å²) in [6, 6.07) is 6.81. The lowest BCUT2D eigenvalue weighted by Crippen LogP contribution is -2.54. The Kier molecular flexibility index (Phi) is 5.53. The Balaban J connectivity index is 1.45. The molecule has 2 saturated heterocycles. The van der Waals surface area contributed by atoms with E-state index >= 15 is 0 Å². The molecule has 25 heavy (non-hydrogen) atoms. The summed E-state index contributed by atoms with van der Waals surface area (Å²) < 4.78 is 13.9. The van der Waals surface area contributed by atoms with Gasteiger partial charge in [0.25, 0.3) is 0 Å². The fraction of sp³-hybridized carbons (Fsp3) is 0.556. The van der Waals surface area contributed by atoms with Gasteiger partial charge in [0, 0.05) is 59.3 Å². The molecule has 0 aromatic heterocycles. The largest absolute Gasteiger partial charge is 0.367 e. The summed E-state index contributed by atoms with van der Waals surface area (Å²) in [6.45, 7) is 7.31. The molecule has 6 nitrogen and oxygen atoms in total. The number of para-hydroxylation sites is 1. The van der Waals surface area contributed by atoms with E-state index in [-0.39, 0.29) is 17.6 Å². The predicted octanol–water partition coefficient (Wildman–Crippen LogP) is 0.638. The van der Waals surface area contributed by atoms with E-state index in [1.54, 1.807) is 24.0 Å². The third kappa shape index (κ3) is 4.28. The maximum atomic E-state index is 13.9. The Bertz CT molecular complexity index is 623. The van der Waals surface area contributed by atoms with Gasteiger partial charge in [-0.1, -0.05) is 12.1 Å². The van der Waals surface area contributed by atoms with Crippen molar-refractivity contribution in [2.24, 2.45) is 0 Å². The van der Waals surface area contributed by atoms with E-state index in [1.807, 2.05) is 15.9 Å². The number of hydrogen-bond acceptors (Lipinski definition) is 4. The van der Waals surface area contributed by atoms with E-state index in [1.165, 1.54) is 6.07 Å². The van der Waals surface area contributed by atoms with Crippen LogP contribution in [0.25, 0.3) is 0 Å². The van der Waals surface area contributed by atoms with Crippen molar-refractivity contribution >= 4 is 17.5 Å². The van der Waals surface area contributed by atoms with E-state index in [0.717, 1.165) is 13.1 Å². The molecule has 0 bridgehead atoms. The molecule has 0 spiro atoms. The number of carbonyl (C=O) groups is 2. The normalized spacial score (nSPS) is 19.2. The van der Waals surface area contributed by atoms with Crippen LogP contribution in [-0.4, -0.2) is 85.4 Å². The van der Waals surface area contributed by atoms with Crippen molar-refractivity contribution in [3.05, 3.63) is 30.1 Å². The number of hydrogen-bond donors (Lipinski definition) is 0. The highest BCUT2D eigenvalue weighted by molar-refractivity contribution is 5.79. The lowest BCUT2D eigenvalue weighted by Gasteiger charge is -2.38. The van der Waals surface area contributed by atoms with Crippen LogP contribution in [0.2, 0.25) is 0 Å². The van der Waals surface area contributed by atoms with Crippen LogP contribution in [-0.2, 0) is 9.59 Å². The molecule has 0 saturated carbocycles. The molecule has 2 fully saturated rings. The number of piperazine rings is 2. The number of rotatable bonds is 3. The molecule has 0 atom stereocenters. The van der Waals surface area contributed by atoms with Gasteiger partial charge in [-0.25, -0.2) is 4.39 Å². The van der Waals surface area contributed by atoms with Crippen molar-refractivity contribution in [2.45, 2.75) is 6.92 Å². The second-order valence-electron chi connectivity index (χ2n) is 6.60. The summed E-state index contributed by atoms with van der Waals surface area (Å²) in [4.78, 5) is 31.6. The van der Waals surface area contributed by atoms with Gasteiger partial charge in [-0.15, -0.1) is 0 Å². The van der Waals surface area contributed by atoms with Crippen molar-refractivity contribution in [1.29, 1.82) is 0 Å². The first kappa shape index (κ1) is 17.7. The fourth-order valence-corrected chi connectivity index (χ4v) is 3.42. The lowest BCUT2D eigenvalue weighted by molar-refractivity contribution is -0.139. The smallest absolute Gasteiger partial charge is 0.236 e. The zero-order chi connectivity index (χ0) is 17.8. The summed E-state index contributed by atoms with van der Waals surface area (Å²) >= 11 is 0. The van der Waals surface area contributed by atoms with Gasteiger partial charge in [-0.05, 0) is 12.1 Å². The van der Waals surface area contributed by atoms with E-state index in [0.29, 0.717) is 51.5 Å². The molecular formula is C18H25FN4O2. The summed E-state index contributed by atoms with van der Waals surface area (Å²) in [6.07, 6.45) is 0. The number of benzene rings is 1. The number of amides is 2. The van der Waals surface area contributed by atoms with Gasteiger partial charge < -0.3 is 14.7 Å². The van der Waals surface area contributed by atoms with Crippen molar-refractivity contribution < 1.29 is 14.0 Å². The third-order valence-corrected chi connectivity index (χ3v) is 5.00. The van der Waals surface area contributed by atoms with Gasteiger partial charge in [0.15, 0.2) is 0 Å². The highest BCUT2D eigenvalue weighted by Crippen LogP contribution is 2.20. The topological polar surface area (TPSA) is 47.1 Å². The first-order chi connectivity index (χ1) is 12.0. The summed E-state index contributed by atoms with van der Waals surface area (Å²) in [5.41, 5.74) is 0.633. The molecule has 2 heterocycles. The monoisotopic (exact) mass is 348 g/mol. The molecule has 136 valence electrons. The first-order valence-electron chi connectivity index (χ1n) is 8.80. The lowest BCUT2D eigenvalue weighted by atomic mass is 10.2. The zero-order valence-electron chi connectivity index (χ0n) is 14.7. The average molecular weight is 348 g/mol. The Morgan fingerprint density at radius 1 is 0.920 bits per heavy atom.